The minimum atomic E-state index is -1.62. The fourth-order valence-electron chi connectivity index (χ4n) is 11.6. The summed E-state index contributed by atoms with van der Waals surface area (Å²) in [5.74, 6) is -9.91. The van der Waals surface area contributed by atoms with Gasteiger partial charge in [-0.2, -0.15) is 11.8 Å². The highest BCUT2D eigenvalue weighted by Crippen LogP contribution is 2.26. The second-order valence-electron chi connectivity index (χ2n) is 23.3. The van der Waals surface area contributed by atoms with Crippen molar-refractivity contribution in [2.45, 2.75) is 171 Å². The molecule has 30 nitrogen and oxygen atoms in total. The highest BCUT2D eigenvalue weighted by Gasteiger charge is 2.46. The van der Waals surface area contributed by atoms with Gasteiger partial charge >= 0.3 is 5.97 Å². The Balaban J connectivity index is 1.09. The minimum Gasteiger partial charge on any atom is -0.480 e. The number of thioether (sulfide) groups is 1. The third-order valence-corrected chi connectivity index (χ3v) is 16.7. The van der Waals surface area contributed by atoms with Gasteiger partial charge in [-0.1, -0.05) is 44.2 Å². The predicted molar refractivity (Wildman–Crippen MR) is 321 cm³/mol. The van der Waals surface area contributed by atoms with E-state index in [1.165, 1.54) is 50.8 Å². The zero-order valence-electron chi connectivity index (χ0n) is 50.6. The van der Waals surface area contributed by atoms with E-state index in [1.54, 1.807) is 36.6 Å². The molecule has 2 aromatic rings. The predicted octanol–water partition coefficient (Wildman–Crippen LogP) is -3.72. The number of hydrogen-bond acceptors (Lipinski definition) is 17. The van der Waals surface area contributed by atoms with E-state index < -0.39 is 163 Å². The van der Waals surface area contributed by atoms with Gasteiger partial charge in [-0.25, -0.2) is 4.98 Å². The molecule has 0 saturated carbocycles. The first-order chi connectivity index (χ1) is 42.4. The molecular formula is C58H85N15O15S. The Morgan fingerprint density at radius 1 is 0.629 bits per heavy atom. The van der Waals surface area contributed by atoms with Crippen LogP contribution >= 0.6 is 11.8 Å². The number of aliphatic hydroxyl groups is 1. The zero-order chi connectivity index (χ0) is 65.1. The van der Waals surface area contributed by atoms with Crippen LogP contribution in [-0.2, 0) is 75.2 Å². The van der Waals surface area contributed by atoms with Crippen LogP contribution in [0.1, 0.15) is 103 Å². The van der Waals surface area contributed by atoms with Gasteiger partial charge in [0.15, 0.2) is 0 Å². The Kier molecular flexibility index (Phi) is 26.2. The fraction of sp³-hybridized carbons (Fsp3) is 0.621. The van der Waals surface area contributed by atoms with Crippen LogP contribution in [0.4, 0.5) is 0 Å². The maximum atomic E-state index is 14.6. The number of amides is 12. The van der Waals surface area contributed by atoms with Gasteiger partial charge in [-0.3, -0.25) is 62.3 Å². The number of rotatable bonds is 31. The molecule has 4 aliphatic rings. The number of hydrogen-bond donors (Lipinski definition) is 12. The molecule has 4 aliphatic heterocycles. The summed E-state index contributed by atoms with van der Waals surface area (Å²) in [5, 5.41) is 38.4. The van der Waals surface area contributed by atoms with Crippen molar-refractivity contribution in [3.05, 3.63) is 54.1 Å². The van der Waals surface area contributed by atoms with Gasteiger partial charge < -0.3 is 83.5 Å². The standard InChI is InChI=1S/C58H85N15O15S/c1-32(2)24-38(67-53(83)43-16-10-21-72(43)57(87)40(27-45(60)75)65-46(76)29-62-49(79)36(59)26-35-28-61-31-64-35)55(85)71-20-9-15-42(71)52(82)66-37(18-23-89-4)50(80)69-48(33(3)74)58(88)73-22-11-17-44(73)54(84)68-39(25-34-12-6-5-7-13-34)56(86)70-19-8-14-41(70)51(81)63-30-47(77)78/h5-7,12-13,28,31-33,36-44,48,74H,8-11,14-27,29-30,59H2,1-4H3,(H2,60,75)(H,61,64)(H,62,79)(H,63,81)(H,65,76)(H,66,82)(H,67,83)(H,68,84)(H,69,80)(H,77,78)/t33-,36+,37+,38+,39+,40+,41+,42+,43+,44+,48+/m1/s1. The number of aliphatic hydroxyl groups excluding tert-OH is 1. The molecule has 4 fully saturated rings. The van der Waals surface area contributed by atoms with Crippen LogP contribution in [-0.4, -0.2) is 234 Å². The number of carbonyl (C=O) groups excluding carboxylic acids is 12. The van der Waals surface area contributed by atoms with Crippen molar-refractivity contribution in [2.75, 3.05) is 51.3 Å². The summed E-state index contributed by atoms with van der Waals surface area (Å²) in [4.78, 5) is 189. The lowest BCUT2D eigenvalue weighted by Crippen LogP contribution is -2.62. The number of aromatic nitrogens is 2. The van der Waals surface area contributed by atoms with E-state index >= 15 is 0 Å². The van der Waals surface area contributed by atoms with Crippen molar-refractivity contribution in [2.24, 2.45) is 17.4 Å². The van der Waals surface area contributed by atoms with Crippen LogP contribution < -0.4 is 48.7 Å². The maximum absolute atomic E-state index is 14.6. The fourth-order valence-corrected chi connectivity index (χ4v) is 12.1. The topological polar surface area (TPSA) is 440 Å². The highest BCUT2D eigenvalue weighted by atomic mass is 32.2. The number of H-pyrrole nitrogens is 1. The van der Waals surface area contributed by atoms with E-state index in [4.69, 9.17) is 16.6 Å². The molecule has 0 aliphatic carbocycles. The van der Waals surface area contributed by atoms with Crippen molar-refractivity contribution in [3.63, 3.8) is 0 Å². The lowest BCUT2D eigenvalue weighted by atomic mass is 10.0. The van der Waals surface area contributed by atoms with Gasteiger partial charge in [-0.15, -0.1) is 0 Å². The Morgan fingerprint density at radius 3 is 1.63 bits per heavy atom. The third-order valence-electron chi connectivity index (χ3n) is 16.1. The van der Waals surface area contributed by atoms with E-state index in [-0.39, 0.29) is 83.5 Å². The van der Waals surface area contributed by atoms with Crippen molar-refractivity contribution in [1.82, 2.24) is 66.8 Å². The molecule has 4 saturated heterocycles. The Labute approximate surface area is 519 Å². The average Bonchev–Trinajstić information content (AvgIpc) is 2.71. The monoisotopic (exact) mass is 1260 g/mol. The summed E-state index contributed by atoms with van der Waals surface area (Å²) in [6.07, 6.45) is 5.10. The number of likely N-dealkylation sites (tertiary alicyclic amines) is 4. The maximum Gasteiger partial charge on any atom is 0.322 e. The number of aliphatic carboxylic acids is 1. The molecule has 0 spiro atoms. The molecule has 1 aromatic carbocycles. The number of carbonyl (C=O) groups is 13. The van der Waals surface area contributed by atoms with Crippen LogP contribution in [0, 0.1) is 5.92 Å². The van der Waals surface area contributed by atoms with Crippen LogP contribution in [0.25, 0.3) is 0 Å². The number of carboxylic acid groups (broad SMARTS) is 1. The third kappa shape index (κ3) is 19.7. The number of aromatic amines is 1. The number of benzene rings is 1. The molecule has 14 N–H and O–H groups in total. The molecule has 1 aromatic heterocycles. The van der Waals surface area contributed by atoms with Crippen molar-refractivity contribution in [1.29, 1.82) is 0 Å². The van der Waals surface area contributed by atoms with Gasteiger partial charge in [0, 0.05) is 50.9 Å². The molecule has 89 heavy (non-hydrogen) atoms. The molecule has 12 amide bonds. The van der Waals surface area contributed by atoms with E-state index in [1.807, 2.05) is 13.8 Å². The largest absolute Gasteiger partial charge is 0.480 e. The van der Waals surface area contributed by atoms with Gasteiger partial charge in [0.05, 0.1) is 31.4 Å². The summed E-state index contributed by atoms with van der Waals surface area (Å²) in [5.41, 5.74) is 12.7. The summed E-state index contributed by atoms with van der Waals surface area (Å²) in [6, 6.07) is -3.46. The molecule has 6 rings (SSSR count). The van der Waals surface area contributed by atoms with E-state index in [9.17, 15) is 67.4 Å². The first kappa shape index (κ1) is 69.9. The van der Waals surface area contributed by atoms with Crippen LogP contribution in [0.3, 0.4) is 0 Å². The van der Waals surface area contributed by atoms with Crippen molar-refractivity contribution >= 4 is 88.6 Å². The molecule has 11 atom stereocenters. The first-order valence-electron chi connectivity index (χ1n) is 30.1. The lowest BCUT2D eigenvalue weighted by Gasteiger charge is -2.33. The molecule has 488 valence electrons. The quantitative estimate of drug-likeness (QED) is 0.0345. The summed E-state index contributed by atoms with van der Waals surface area (Å²) in [7, 11) is 0. The second-order valence-corrected chi connectivity index (χ2v) is 24.3. The van der Waals surface area contributed by atoms with Gasteiger partial charge in [-0.05, 0) is 94.6 Å². The lowest BCUT2D eigenvalue weighted by molar-refractivity contribution is -0.146. The molecule has 5 heterocycles. The number of primary amides is 1. The number of carboxylic acids is 1. The number of nitrogens with one attached hydrogen (secondary N) is 8. The Morgan fingerprint density at radius 2 is 1.13 bits per heavy atom. The smallest absolute Gasteiger partial charge is 0.322 e. The summed E-state index contributed by atoms with van der Waals surface area (Å²) in [6.45, 7) is 4.06. The highest BCUT2D eigenvalue weighted by molar-refractivity contribution is 7.98. The molecule has 0 unspecified atom stereocenters. The van der Waals surface area contributed by atoms with E-state index in [0.29, 0.717) is 42.7 Å². The van der Waals surface area contributed by atoms with E-state index in [2.05, 4.69) is 47.2 Å². The van der Waals surface area contributed by atoms with Gasteiger partial charge in [0.1, 0.15) is 60.9 Å². The summed E-state index contributed by atoms with van der Waals surface area (Å²) < 4.78 is 0. The number of nitrogens with zero attached hydrogens (tertiary/aromatic N) is 5. The van der Waals surface area contributed by atoms with Gasteiger partial charge in [0.2, 0.25) is 70.9 Å². The summed E-state index contributed by atoms with van der Waals surface area (Å²) >= 11 is 1.37. The SMILES string of the molecule is CSCC[C@H](NC(=O)[C@@H]1CCCN1C(=O)[C@H](CC(C)C)NC(=O)[C@@H]1CCCN1C(=O)[C@H](CC(N)=O)NC(=O)CNC(=O)[C@@H](N)Cc1cnc[nH]1)C(=O)N[C@H](C(=O)N1CCC[C@H]1C(=O)N[C@@H](Cc1ccccc1)C(=O)N1CCC[C@H]1C(=O)NCC(=O)O)[C@@H](C)O. The molecular weight excluding hydrogens is 1180 g/mol. The second kappa shape index (κ2) is 33.4. The zero-order valence-corrected chi connectivity index (χ0v) is 51.4. The molecule has 31 heteroatoms. The Hall–Kier alpha value is -8.19. The average molecular weight is 1260 g/mol. The van der Waals surface area contributed by atoms with Gasteiger partial charge in [0.25, 0.3) is 0 Å². The van der Waals surface area contributed by atoms with Crippen LogP contribution in [0.5, 0.6) is 0 Å². The van der Waals surface area contributed by atoms with Crippen molar-refractivity contribution < 1.29 is 72.5 Å². The van der Waals surface area contributed by atoms with E-state index in [0.717, 1.165) is 0 Å². The first-order valence-corrected chi connectivity index (χ1v) is 31.5. The molecule has 0 bridgehead atoms. The van der Waals surface area contributed by atoms with Crippen LogP contribution in [0.2, 0.25) is 0 Å². The normalized spacial score (nSPS) is 20.5. The minimum absolute atomic E-state index is 0.0114. The van der Waals surface area contributed by atoms with Crippen LogP contribution in [0.15, 0.2) is 42.9 Å². The number of nitrogens with two attached hydrogens (primary N) is 2. The number of imidazole rings is 1. The van der Waals surface area contributed by atoms with Crippen molar-refractivity contribution in [3.8, 4) is 0 Å². The Bertz CT molecular complexity index is 2870. The molecule has 0 radical (unpaired) electrons.